The third-order valence-corrected chi connectivity index (χ3v) is 4.78. The predicted octanol–water partition coefficient (Wildman–Crippen LogP) is 3.89. The molecule has 0 bridgehead atoms. The Hall–Kier alpha value is -3.03. The maximum absolute atomic E-state index is 12.8. The Bertz CT molecular complexity index is 889. The van der Waals surface area contributed by atoms with Gasteiger partial charge in [0.25, 0.3) is 0 Å². The Morgan fingerprint density at radius 2 is 1.70 bits per heavy atom. The summed E-state index contributed by atoms with van der Waals surface area (Å²) in [5.41, 5.74) is 1.36. The highest BCUT2D eigenvalue weighted by atomic mass is 16.6. The highest BCUT2D eigenvalue weighted by molar-refractivity contribution is 5.92. The minimum atomic E-state index is -0.966. The van der Waals surface area contributed by atoms with E-state index in [0.29, 0.717) is 11.1 Å². The van der Waals surface area contributed by atoms with Crippen LogP contribution in [0.4, 0.5) is 9.59 Å². The molecule has 0 spiro atoms. The first-order chi connectivity index (χ1) is 14.3. The van der Waals surface area contributed by atoms with Crippen LogP contribution in [0.15, 0.2) is 30.5 Å². The number of aromatic nitrogens is 1. The van der Waals surface area contributed by atoms with Crippen LogP contribution in [0.25, 0.3) is 10.9 Å². The Kier molecular flexibility index (Phi) is 8.26. The SMILES string of the molecule is CCOC(=O)NC(Cc1cn(C(=O)OCC)c2ccccc12)C(=O)O[C@@H](C)C(C)C. The van der Waals surface area contributed by atoms with E-state index in [1.54, 1.807) is 33.0 Å². The molecule has 0 aliphatic rings. The summed E-state index contributed by atoms with van der Waals surface area (Å²) < 4.78 is 17.0. The van der Waals surface area contributed by atoms with Crippen LogP contribution in [-0.2, 0) is 25.4 Å². The summed E-state index contributed by atoms with van der Waals surface area (Å²) in [6.45, 7) is 9.52. The van der Waals surface area contributed by atoms with Crippen LogP contribution >= 0.6 is 0 Å². The van der Waals surface area contributed by atoms with Crippen LogP contribution < -0.4 is 5.32 Å². The van der Waals surface area contributed by atoms with E-state index in [4.69, 9.17) is 14.2 Å². The molecule has 0 radical (unpaired) electrons. The van der Waals surface area contributed by atoms with Gasteiger partial charge in [-0.1, -0.05) is 32.0 Å². The molecule has 0 fully saturated rings. The summed E-state index contributed by atoms with van der Waals surface area (Å²) in [5, 5.41) is 3.36. The van der Waals surface area contributed by atoms with Gasteiger partial charge in [0, 0.05) is 18.0 Å². The number of fused-ring (bicyclic) bond motifs is 1. The third kappa shape index (κ3) is 5.75. The van der Waals surface area contributed by atoms with Crippen molar-refractivity contribution in [3.63, 3.8) is 0 Å². The molecule has 1 amide bonds. The van der Waals surface area contributed by atoms with E-state index in [9.17, 15) is 14.4 Å². The molecule has 0 saturated heterocycles. The van der Waals surface area contributed by atoms with E-state index < -0.39 is 24.2 Å². The molecule has 8 heteroatoms. The number of hydrogen-bond donors (Lipinski definition) is 1. The second-order valence-corrected chi connectivity index (χ2v) is 7.25. The van der Waals surface area contributed by atoms with Gasteiger partial charge in [0.05, 0.1) is 18.7 Å². The van der Waals surface area contributed by atoms with E-state index in [-0.39, 0.29) is 31.7 Å². The lowest BCUT2D eigenvalue weighted by molar-refractivity contribution is -0.152. The molecule has 8 nitrogen and oxygen atoms in total. The molecule has 164 valence electrons. The Morgan fingerprint density at radius 3 is 2.33 bits per heavy atom. The van der Waals surface area contributed by atoms with E-state index in [1.165, 1.54) is 4.57 Å². The molecule has 1 heterocycles. The average molecular weight is 418 g/mol. The summed E-state index contributed by atoms with van der Waals surface area (Å²) in [7, 11) is 0. The maximum Gasteiger partial charge on any atom is 0.418 e. The first kappa shape index (κ1) is 23.3. The first-order valence-corrected chi connectivity index (χ1v) is 10.2. The summed E-state index contributed by atoms with van der Waals surface area (Å²) >= 11 is 0. The van der Waals surface area contributed by atoms with Crippen molar-refractivity contribution in [1.82, 2.24) is 9.88 Å². The average Bonchev–Trinajstić information content (AvgIpc) is 3.06. The number of esters is 1. The van der Waals surface area contributed by atoms with Crippen molar-refractivity contribution >= 4 is 29.1 Å². The number of hydrogen-bond acceptors (Lipinski definition) is 6. The molecule has 1 aromatic carbocycles. The molecule has 2 atom stereocenters. The quantitative estimate of drug-likeness (QED) is 0.516. The highest BCUT2D eigenvalue weighted by Gasteiger charge is 2.27. The predicted molar refractivity (Wildman–Crippen MR) is 112 cm³/mol. The number of benzene rings is 1. The first-order valence-electron chi connectivity index (χ1n) is 10.2. The minimum Gasteiger partial charge on any atom is -0.461 e. The summed E-state index contributed by atoms with van der Waals surface area (Å²) in [6, 6.07) is 6.34. The number of nitrogens with one attached hydrogen (secondary N) is 1. The number of amides is 1. The number of rotatable bonds is 8. The fraction of sp³-hybridized carbons (Fsp3) is 0.500. The van der Waals surface area contributed by atoms with E-state index in [1.807, 2.05) is 32.0 Å². The van der Waals surface area contributed by atoms with Gasteiger partial charge in [-0.2, -0.15) is 0 Å². The van der Waals surface area contributed by atoms with Gasteiger partial charge in [0.2, 0.25) is 0 Å². The van der Waals surface area contributed by atoms with Crippen molar-refractivity contribution < 1.29 is 28.6 Å². The van der Waals surface area contributed by atoms with E-state index in [2.05, 4.69) is 5.32 Å². The van der Waals surface area contributed by atoms with Crippen LogP contribution in [0.3, 0.4) is 0 Å². The smallest absolute Gasteiger partial charge is 0.418 e. The topological polar surface area (TPSA) is 95.9 Å². The van der Waals surface area contributed by atoms with Crippen molar-refractivity contribution in [1.29, 1.82) is 0 Å². The zero-order chi connectivity index (χ0) is 22.3. The molecule has 0 aliphatic heterocycles. The molecular formula is C22H30N2O6. The van der Waals surface area contributed by atoms with Crippen LogP contribution in [0.1, 0.15) is 40.2 Å². The monoisotopic (exact) mass is 418 g/mol. The van der Waals surface area contributed by atoms with Gasteiger partial charge < -0.3 is 19.5 Å². The standard InChI is InChI=1S/C22H30N2O6/c1-6-28-21(26)23-18(20(25)30-15(5)14(3)4)12-16-13-24(22(27)29-7-2)19-11-9-8-10-17(16)19/h8-11,13-15,18H,6-7,12H2,1-5H3,(H,23,26)/t15-,18?/m0/s1. The molecule has 1 unspecified atom stereocenters. The molecule has 1 N–H and O–H groups in total. The molecule has 0 aliphatic carbocycles. The van der Waals surface area contributed by atoms with Crippen molar-refractivity contribution in [2.24, 2.45) is 5.92 Å². The Labute approximate surface area is 176 Å². The fourth-order valence-electron chi connectivity index (χ4n) is 2.89. The number of ether oxygens (including phenoxy) is 3. The molecular weight excluding hydrogens is 388 g/mol. The molecule has 1 aromatic heterocycles. The van der Waals surface area contributed by atoms with Gasteiger partial charge >= 0.3 is 18.2 Å². The number of nitrogens with zero attached hydrogens (tertiary/aromatic N) is 1. The Morgan fingerprint density at radius 1 is 1.03 bits per heavy atom. The van der Waals surface area contributed by atoms with Gasteiger partial charge in [-0.15, -0.1) is 0 Å². The third-order valence-electron chi connectivity index (χ3n) is 4.78. The van der Waals surface area contributed by atoms with Crippen molar-refractivity contribution in [2.75, 3.05) is 13.2 Å². The largest absolute Gasteiger partial charge is 0.461 e. The summed E-state index contributed by atoms with van der Waals surface area (Å²) in [4.78, 5) is 37.1. The number of carbonyl (C=O) groups is 3. The minimum absolute atomic E-state index is 0.128. The molecule has 2 aromatic rings. The lowest BCUT2D eigenvalue weighted by Gasteiger charge is -2.22. The van der Waals surface area contributed by atoms with Crippen LogP contribution in [0, 0.1) is 5.92 Å². The number of alkyl carbamates (subject to hydrolysis) is 1. The number of carbonyl (C=O) groups excluding carboxylic acids is 3. The zero-order valence-corrected chi connectivity index (χ0v) is 18.1. The fourth-order valence-corrected chi connectivity index (χ4v) is 2.89. The van der Waals surface area contributed by atoms with Gasteiger partial charge in [-0.25, -0.2) is 14.4 Å². The van der Waals surface area contributed by atoms with Crippen molar-refractivity contribution in [2.45, 2.75) is 53.2 Å². The van der Waals surface area contributed by atoms with Crippen LogP contribution in [-0.4, -0.2) is 48.1 Å². The summed E-state index contributed by atoms with van der Waals surface area (Å²) in [6.07, 6.45) is 0.235. The highest BCUT2D eigenvalue weighted by Crippen LogP contribution is 2.23. The molecule has 2 rings (SSSR count). The van der Waals surface area contributed by atoms with E-state index in [0.717, 1.165) is 5.39 Å². The molecule has 0 saturated carbocycles. The van der Waals surface area contributed by atoms with Gasteiger partial charge in [-0.05, 0) is 38.3 Å². The lowest BCUT2D eigenvalue weighted by Crippen LogP contribution is -2.44. The second-order valence-electron chi connectivity index (χ2n) is 7.25. The van der Waals surface area contributed by atoms with Crippen molar-refractivity contribution in [3.05, 3.63) is 36.0 Å². The van der Waals surface area contributed by atoms with Crippen molar-refractivity contribution in [3.8, 4) is 0 Å². The maximum atomic E-state index is 12.8. The normalized spacial score (nSPS) is 13.0. The van der Waals surface area contributed by atoms with Crippen LogP contribution in [0.5, 0.6) is 0 Å². The Balaban J connectivity index is 2.36. The zero-order valence-electron chi connectivity index (χ0n) is 18.1. The molecule has 30 heavy (non-hydrogen) atoms. The van der Waals surface area contributed by atoms with Gasteiger partial charge in [0.15, 0.2) is 0 Å². The lowest BCUT2D eigenvalue weighted by atomic mass is 10.0. The van der Waals surface area contributed by atoms with Gasteiger partial charge in [-0.3, -0.25) is 4.57 Å². The van der Waals surface area contributed by atoms with E-state index >= 15 is 0 Å². The second kappa shape index (κ2) is 10.7. The van der Waals surface area contributed by atoms with Gasteiger partial charge in [0.1, 0.15) is 12.1 Å². The number of para-hydroxylation sites is 1. The summed E-state index contributed by atoms with van der Waals surface area (Å²) in [5.74, 6) is -0.430. The van der Waals surface area contributed by atoms with Crippen LogP contribution in [0.2, 0.25) is 0 Å².